The predicted octanol–water partition coefficient (Wildman–Crippen LogP) is 2.58. The van der Waals surface area contributed by atoms with Gasteiger partial charge in [0.05, 0.1) is 12.8 Å². The number of nitrogen functional groups attached to an aromatic ring is 1. The van der Waals surface area contributed by atoms with Crippen molar-refractivity contribution in [3.8, 4) is 5.75 Å². The monoisotopic (exact) mass is 390 g/mol. The van der Waals surface area contributed by atoms with E-state index >= 15 is 0 Å². The Morgan fingerprint density at radius 3 is 2.36 bits per heavy atom. The lowest BCUT2D eigenvalue weighted by molar-refractivity contribution is -0.0162. The first-order valence-electron chi connectivity index (χ1n) is 10.1. The number of benzene rings is 1. The number of hydrogen-bond donors (Lipinski definition) is 1. The zero-order valence-corrected chi connectivity index (χ0v) is 17.8. The van der Waals surface area contributed by atoms with Crippen LogP contribution in [0.2, 0.25) is 0 Å². The van der Waals surface area contributed by atoms with E-state index in [9.17, 15) is 4.79 Å². The number of nitrogens with zero attached hydrogens (tertiary/aromatic N) is 3. The highest BCUT2D eigenvalue weighted by atomic mass is 16.6. The minimum atomic E-state index is -0.440. The van der Waals surface area contributed by atoms with Crippen LogP contribution in [0, 0.1) is 0 Å². The van der Waals surface area contributed by atoms with Gasteiger partial charge in [0.2, 0.25) is 0 Å². The highest BCUT2D eigenvalue weighted by molar-refractivity contribution is 5.69. The Labute approximate surface area is 168 Å². The van der Waals surface area contributed by atoms with Crippen molar-refractivity contribution in [2.75, 3.05) is 57.0 Å². The first kappa shape index (κ1) is 20.6. The number of hydrogen-bond acceptors (Lipinski definition) is 6. The summed E-state index contributed by atoms with van der Waals surface area (Å²) in [5, 5.41) is 0. The maximum absolute atomic E-state index is 12.1. The van der Waals surface area contributed by atoms with Gasteiger partial charge in [-0.25, -0.2) is 4.79 Å². The molecule has 0 bridgehead atoms. The summed E-state index contributed by atoms with van der Waals surface area (Å²) in [6, 6.07) is 4.53. The second-order valence-electron chi connectivity index (χ2n) is 8.64. The second kappa shape index (κ2) is 8.07. The number of carbonyl (C=O) groups excluding carboxylic acids is 1. The number of ether oxygens (including phenoxy) is 2. The number of rotatable bonds is 4. The summed E-state index contributed by atoms with van der Waals surface area (Å²) in [7, 11) is 1.66. The lowest BCUT2D eigenvalue weighted by Crippen LogP contribution is -2.64. The van der Waals surface area contributed by atoms with Crippen LogP contribution < -0.4 is 15.4 Å². The molecule has 7 nitrogen and oxygen atoms in total. The lowest BCUT2D eigenvalue weighted by Gasteiger charge is -2.48. The topological polar surface area (TPSA) is 71.3 Å². The molecule has 3 rings (SSSR count). The first-order chi connectivity index (χ1) is 13.2. The predicted molar refractivity (Wildman–Crippen MR) is 112 cm³/mol. The number of nitrogens with two attached hydrogens (primary N) is 1. The van der Waals surface area contributed by atoms with Crippen molar-refractivity contribution < 1.29 is 14.3 Å². The van der Waals surface area contributed by atoms with Gasteiger partial charge in [0.25, 0.3) is 0 Å². The van der Waals surface area contributed by atoms with Crippen LogP contribution in [0.25, 0.3) is 0 Å². The maximum atomic E-state index is 12.1. The van der Waals surface area contributed by atoms with Gasteiger partial charge in [0, 0.05) is 57.1 Å². The molecule has 1 amide bonds. The highest BCUT2D eigenvalue weighted by Crippen LogP contribution is 2.33. The summed E-state index contributed by atoms with van der Waals surface area (Å²) < 4.78 is 10.9. The summed E-state index contributed by atoms with van der Waals surface area (Å²) in [5.41, 5.74) is 8.80. The van der Waals surface area contributed by atoms with E-state index in [0.29, 0.717) is 11.7 Å². The van der Waals surface area contributed by atoms with E-state index in [1.165, 1.54) is 11.3 Å². The highest BCUT2D eigenvalue weighted by Gasteiger charge is 2.38. The zero-order chi connectivity index (χ0) is 20.5. The Balaban J connectivity index is 1.54. The fourth-order valence-corrected chi connectivity index (χ4v) is 3.88. The number of anilines is 2. The van der Waals surface area contributed by atoms with Crippen molar-refractivity contribution in [2.45, 2.75) is 45.8 Å². The number of methoxy groups -OCH3 is 1. The molecule has 1 aromatic rings. The largest absolute Gasteiger partial charge is 0.495 e. The van der Waals surface area contributed by atoms with E-state index < -0.39 is 5.60 Å². The molecule has 2 heterocycles. The normalized spacial score (nSPS) is 18.8. The first-order valence-corrected chi connectivity index (χ1v) is 10.1. The van der Waals surface area contributed by atoms with Gasteiger partial charge in [-0.1, -0.05) is 6.92 Å². The third-order valence-corrected chi connectivity index (χ3v) is 5.50. The maximum Gasteiger partial charge on any atom is 0.410 e. The van der Waals surface area contributed by atoms with E-state index in [-0.39, 0.29) is 6.09 Å². The van der Waals surface area contributed by atoms with Gasteiger partial charge >= 0.3 is 6.09 Å². The van der Waals surface area contributed by atoms with Crippen molar-refractivity contribution >= 4 is 17.5 Å². The molecule has 2 aliphatic heterocycles. The van der Waals surface area contributed by atoms with Crippen molar-refractivity contribution in [1.82, 2.24) is 9.80 Å². The van der Waals surface area contributed by atoms with Crippen LogP contribution in [0.3, 0.4) is 0 Å². The summed E-state index contributed by atoms with van der Waals surface area (Å²) in [6.07, 6.45) is 0.737. The van der Waals surface area contributed by atoms with Crippen LogP contribution >= 0.6 is 0 Å². The molecule has 0 unspecified atom stereocenters. The summed E-state index contributed by atoms with van der Waals surface area (Å²) in [6.45, 7) is 13.3. The number of aryl methyl sites for hydroxylation is 1. The minimum absolute atomic E-state index is 0.205. The fourth-order valence-electron chi connectivity index (χ4n) is 3.88. The van der Waals surface area contributed by atoms with Gasteiger partial charge in [-0.2, -0.15) is 0 Å². The van der Waals surface area contributed by atoms with E-state index in [2.05, 4.69) is 22.8 Å². The Morgan fingerprint density at radius 1 is 1.18 bits per heavy atom. The van der Waals surface area contributed by atoms with Gasteiger partial charge in [0.1, 0.15) is 11.4 Å². The van der Waals surface area contributed by atoms with Gasteiger partial charge in [0.15, 0.2) is 0 Å². The lowest BCUT2D eigenvalue weighted by atomic mass is 10.0. The van der Waals surface area contributed by atoms with Crippen LogP contribution in [0.5, 0.6) is 5.75 Å². The molecule has 0 spiro atoms. The Kier molecular flexibility index (Phi) is 5.93. The average molecular weight is 391 g/mol. The standard InChI is InChI=1S/C21H34N4O3/c1-6-15-11-17(22)19(27-5)12-18(15)24-9-7-23(8-10-24)16-13-25(14-16)20(26)28-21(2,3)4/h11-12,16H,6-10,13-14,22H2,1-5H3. The zero-order valence-electron chi connectivity index (χ0n) is 17.8. The van der Waals surface area contributed by atoms with Gasteiger partial charge in [-0.05, 0) is 38.8 Å². The Morgan fingerprint density at radius 2 is 1.82 bits per heavy atom. The van der Waals surface area contributed by atoms with Crippen LogP contribution in [0.4, 0.5) is 16.2 Å². The number of carbonyl (C=O) groups is 1. The molecular formula is C21H34N4O3. The Bertz CT molecular complexity index is 702. The van der Waals surface area contributed by atoms with Gasteiger partial charge < -0.3 is 25.0 Å². The SMILES string of the molecule is CCc1cc(N)c(OC)cc1N1CCN(C2CN(C(=O)OC(C)(C)C)C2)CC1. The number of amides is 1. The van der Waals surface area contributed by atoms with Crippen LogP contribution in [-0.2, 0) is 11.2 Å². The fraction of sp³-hybridized carbons (Fsp3) is 0.667. The number of likely N-dealkylation sites (tertiary alicyclic amines) is 1. The molecule has 156 valence electrons. The second-order valence-corrected chi connectivity index (χ2v) is 8.64. The minimum Gasteiger partial charge on any atom is -0.495 e. The Hall–Kier alpha value is -2.15. The van der Waals surface area contributed by atoms with E-state index in [0.717, 1.165) is 51.4 Å². The molecule has 0 radical (unpaired) electrons. The van der Waals surface area contributed by atoms with Crippen molar-refractivity contribution in [1.29, 1.82) is 0 Å². The molecule has 0 saturated carbocycles. The van der Waals surface area contributed by atoms with E-state index in [4.69, 9.17) is 15.2 Å². The average Bonchev–Trinajstić information content (AvgIpc) is 2.59. The van der Waals surface area contributed by atoms with Crippen molar-refractivity contribution in [3.05, 3.63) is 17.7 Å². The van der Waals surface area contributed by atoms with E-state index in [1.54, 1.807) is 12.0 Å². The van der Waals surface area contributed by atoms with Crippen molar-refractivity contribution in [2.24, 2.45) is 0 Å². The van der Waals surface area contributed by atoms with E-state index in [1.807, 2.05) is 26.8 Å². The summed E-state index contributed by atoms with van der Waals surface area (Å²) in [5.74, 6) is 0.738. The molecule has 2 saturated heterocycles. The third kappa shape index (κ3) is 4.46. The molecule has 7 heteroatoms. The van der Waals surface area contributed by atoms with Gasteiger partial charge in [-0.3, -0.25) is 4.90 Å². The molecule has 2 N–H and O–H groups in total. The van der Waals surface area contributed by atoms with Crippen LogP contribution in [-0.4, -0.2) is 73.9 Å². The molecule has 0 atom stereocenters. The molecule has 0 aromatic heterocycles. The smallest absolute Gasteiger partial charge is 0.410 e. The summed E-state index contributed by atoms with van der Waals surface area (Å²) in [4.78, 5) is 18.8. The third-order valence-electron chi connectivity index (χ3n) is 5.50. The molecule has 0 aliphatic carbocycles. The molecule has 2 fully saturated rings. The summed E-state index contributed by atoms with van der Waals surface area (Å²) >= 11 is 0. The quantitative estimate of drug-likeness (QED) is 0.797. The molecule has 28 heavy (non-hydrogen) atoms. The molecule has 2 aliphatic rings. The van der Waals surface area contributed by atoms with Crippen molar-refractivity contribution in [3.63, 3.8) is 0 Å². The molecule has 1 aromatic carbocycles. The van der Waals surface area contributed by atoms with Crippen LogP contribution in [0.1, 0.15) is 33.3 Å². The number of piperazine rings is 1. The molecular weight excluding hydrogens is 356 g/mol. The van der Waals surface area contributed by atoms with Gasteiger partial charge in [-0.15, -0.1) is 0 Å². The van der Waals surface area contributed by atoms with Crippen LogP contribution in [0.15, 0.2) is 12.1 Å².